The van der Waals surface area contributed by atoms with E-state index >= 15 is 0 Å². The number of hydrogen-bond donors (Lipinski definition) is 1. The van der Waals surface area contributed by atoms with E-state index in [2.05, 4.69) is 22.3 Å². The molecule has 0 aliphatic heterocycles. The third-order valence-corrected chi connectivity index (χ3v) is 3.79. The van der Waals surface area contributed by atoms with E-state index < -0.39 is 23.2 Å². The first kappa shape index (κ1) is 19.9. The number of nitrogens with one attached hydrogen (secondary N) is 1. The minimum atomic E-state index is -4.45. The molecule has 1 amide bonds. The Labute approximate surface area is 163 Å². The van der Waals surface area contributed by atoms with Crippen molar-refractivity contribution in [2.24, 2.45) is 0 Å². The standard InChI is InChI=1S/C21H14F3N3O2/c22-21(23,24)16-8-4-6-15(14-16)7-5-13-25-20(29)18-11-12-19(28)27(26-18)17-9-2-1-3-10-17/h1-4,6,8-12,14H,13H2,(H,25,29). The molecule has 1 N–H and O–H groups in total. The fraction of sp³-hybridized carbons (Fsp3) is 0.0952. The Kier molecular flexibility index (Phi) is 5.79. The molecule has 146 valence electrons. The van der Waals surface area contributed by atoms with Crippen molar-refractivity contribution in [2.75, 3.05) is 6.54 Å². The van der Waals surface area contributed by atoms with Gasteiger partial charge in [-0.25, -0.2) is 0 Å². The molecule has 0 atom stereocenters. The van der Waals surface area contributed by atoms with Crippen LogP contribution in [0.25, 0.3) is 5.69 Å². The maximum absolute atomic E-state index is 12.7. The Bertz CT molecular complexity index is 1140. The molecule has 5 nitrogen and oxygen atoms in total. The highest BCUT2D eigenvalue weighted by Crippen LogP contribution is 2.29. The van der Waals surface area contributed by atoms with Gasteiger partial charge in [-0.3, -0.25) is 9.59 Å². The van der Waals surface area contributed by atoms with Crippen LogP contribution in [0.5, 0.6) is 0 Å². The minimum Gasteiger partial charge on any atom is -0.340 e. The molecule has 1 aromatic heterocycles. The second-order valence-electron chi connectivity index (χ2n) is 5.87. The number of benzene rings is 2. The highest BCUT2D eigenvalue weighted by Gasteiger charge is 2.30. The van der Waals surface area contributed by atoms with Crippen LogP contribution in [0.3, 0.4) is 0 Å². The van der Waals surface area contributed by atoms with Crippen molar-refractivity contribution in [3.63, 3.8) is 0 Å². The molecule has 0 aliphatic rings. The number of rotatable bonds is 3. The number of para-hydroxylation sites is 1. The molecule has 0 spiro atoms. The number of carbonyl (C=O) groups excluding carboxylic acids is 1. The van der Waals surface area contributed by atoms with Crippen LogP contribution in [0.2, 0.25) is 0 Å². The molecule has 2 aromatic carbocycles. The Morgan fingerprint density at radius 3 is 2.52 bits per heavy atom. The van der Waals surface area contributed by atoms with Gasteiger partial charge in [0.1, 0.15) is 5.69 Å². The largest absolute Gasteiger partial charge is 0.416 e. The van der Waals surface area contributed by atoms with Crippen LogP contribution in [0.1, 0.15) is 21.6 Å². The Balaban J connectivity index is 1.69. The van der Waals surface area contributed by atoms with Gasteiger partial charge in [0.2, 0.25) is 0 Å². The molecule has 1 heterocycles. The molecule has 0 bridgehead atoms. The number of amides is 1. The minimum absolute atomic E-state index is 0.00863. The normalized spacial score (nSPS) is 10.7. The number of alkyl halides is 3. The van der Waals surface area contributed by atoms with Crippen molar-refractivity contribution in [3.8, 4) is 17.5 Å². The number of hydrogen-bond acceptors (Lipinski definition) is 3. The molecular formula is C21H14F3N3O2. The third-order valence-electron chi connectivity index (χ3n) is 3.79. The zero-order valence-electron chi connectivity index (χ0n) is 14.9. The lowest BCUT2D eigenvalue weighted by molar-refractivity contribution is -0.137. The molecule has 0 saturated carbocycles. The highest BCUT2D eigenvalue weighted by molar-refractivity contribution is 5.92. The highest BCUT2D eigenvalue weighted by atomic mass is 19.4. The smallest absolute Gasteiger partial charge is 0.340 e. The topological polar surface area (TPSA) is 64.0 Å². The van der Waals surface area contributed by atoms with E-state index in [0.29, 0.717) is 5.69 Å². The van der Waals surface area contributed by atoms with Crippen LogP contribution in [0, 0.1) is 11.8 Å². The predicted octanol–water partition coefficient (Wildman–Crippen LogP) is 3.03. The monoisotopic (exact) mass is 397 g/mol. The van der Waals surface area contributed by atoms with Crippen molar-refractivity contribution >= 4 is 5.91 Å². The van der Waals surface area contributed by atoms with Gasteiger partial charge in [-0.2, -0.15) is 23.0 Å². The van der Waals surface area contributed by atoms with Gasteiger partial charge in [-0.1, -0.05) is 36.1 Å². The van der Waals surface area contributed by atoms with Crippen molar-refractivity contribution in [1.82, 2.24) is 15.1 Å². The fourth-order valence-electron chi connectivity index (χ4n) is 2.42. The third kappa shape index (κ3) is 5.11. The molecule has 0 saturated heterocycles. The summed E-state index contributed by atoms with van der Waals surface area (Å²) in [5.41, 5.74) is -0.478. The second kappa shape index (κ2) is 8.44. The lowest BCUT2D eigenvalue weighted by Crippen LogP contribution is -2.29. The lowest BCUT2D eigenvalue weighted by Gasteiger charge is -2.06. The van der Waals surface area contributed by atoms with E-state index in [1.54, 1.807) is 30.3 Å². The zero-order valence-corrected chi connectivity index (χ0v) is 14.9. The van der Waals surface area contributed by atoms with Gasteiger partial charge in [-0.05, 0) is 36.4 Å². The van der Waals surface area contributed by atoms with Crippen molar-refractivity contribution < 1.29 is 18.0 Å². The lowest BCUT2D eigenvalue weighted by atomic mass is 10.1. The van der Waals surface area contributed by atoms with Gasteiger partial charge >= 0.3 is 6.18 Å². The summed E-state index contributed by atoms with van der Waals surface area (Å²) < 4.78 is 39.2. The van der Waals surface area contributed by atoms with Crippen LogP contribution in [-0.2, 0) is 6.18 Å². The first-order chi connectivity index (χ1) is 13.8. The molecule has 0 unspecified atom stereocenters. The summed E-state index contributed by atoms with van der Waals surface area (Å²) in [4.78, 5) is 24.2. The summed E-state index contributed by atoms with van der Waals surface area (Å²) in [5.74, 6) is 4.60. The summed E-state index contributed by atoms with van der Waals surface area (Å²) in [5, 5.41) is 6.54. The molecule has 0 radical (unpaired) electrons. The number of nitrogens with zero attached hydrogens (tertiary/aromatic N) is 2. The average molecular weight is 397 g/mol. The Morgan fingerprint density at radius 2 is 1.79 bits per heavy atom. The van der Waals surface area contributed by atoms with E-state index in [0.717, 1.165) is 16.8 Å². The van der Waals surface area contributed by atoms with Crippen LogP contribution >= 0.6 is 0 Å². The number of aromatic nitrogens is 2. The summed E-state index contributed by atoms with van der Waals surface area (Å²) in [6.07, 6.45) is -4.45. The predicted molar refractivity (Wildman–Crippen MR) is 100 cm³/mol. The molecule has 3 rings (SSSR count). The Hall–Kier alpha value is -3.86. The molecule has 0 aliphatic carbocycles. The number of carbonyl (C=O) groups is 1. The van der Waals surface area contributed by atoms with Gasteiger partial charge in [0, 0.05) is 11.6 Å². The first-order valence-corrected chi connectivity index (χ1v) is 8.45. The van der Waals surface area contributed by atoms with E-state index in [4.69, 9.17) is 0 Å². The molecule has 3 aromatic rings. The molecule has 29 heavy (non-hydrogen) atoms. The van der Waals surface area contributed by atoms with Crippen molar-refractivity contribution in [1.29, 1.82) is 0 Å². The zero-order chi connectivity index (χ0) is 20.9. The van der Waals surface area contributed by atoms with Gasteiger partial charge < -0.3 is 5.32 Å². The summed E-state index contributed by atoms with van der Waals surface area (Å²) in [7, 11) is 0. The second-order valence-corrected chi connectivity index (χ2v) is 5.87. The SMILES string of the molecule is O=C(NCC#Cc1cccc(C(F)(F)F)c1)c1ccc(=O)n(-c2ccccc2)n1. The van der Waals surface area contributed by atoms with Crippen LogP contribution < -0.4 is 10.9 Å². The average Bonchev–Trinajstić information content (AvgIpc) is 2.71. The summed E-state index contributed by atoms with van der Waals surface area (Å²) in [6, 6.07) is 15.7. The van der Waals surface area contributed by atoms with Gasteiger partial charge in [-0.15, -0.1) is 0 Å². The first-order valence-electron chi connectivity index (χ1n) is 8.45. The quantitative estimate of drug-likeness (QED) is 0.691. The summed E-state index contributed by atoms with van der Waals surface area (Å²) in [6.45, 7) is -0.0960. The van der Waals surface area contributed by atoms with Gasteiger partial charge in [0.25, 0.3) is 11.5 Å². The maximum atomic E-state index is 12.7. The van der Waals surface area contributed by atoms with E-state index in [-0.39, 0.29) is 17.8 Å². The fourth-order valence-corrected chi connectivity index (χ4v) is 2.42. The Morgan fingerprint density at radius 1 is 1.03 bits per heavy atom. The van der Waals surface area contributed by atoms with Gasteiger partial charge in [0.05, 0.1) is 17.8 Å². The molecular weight excluding hydrogens is 383 g/mol. The van der Waals surface area contributed by atoms with Crippen molar-refractivity contribution in [2.45, 2.75) is 6.18 Å². The van der Waals surface area contributed by atoms with Crippen molar-refractivity contribution in [3.05, 3.63) is 93.9 Å². The maximum Gasteiger partial charge on any atom is 0.416 e. The van der Waals surface area contributed by atoms with E-state index in [1.165, 1.54) is 24.3 Å². The molecule has 8 heteroatoms. The number of halogens is 3. The van der Waals surface area contributed by atoms with E-state index in [9.17, 15) is 22.8 Å². The van der Waals surface area contributed by atoms with Crippen LogP contribution in [0.4, 0.5) is 13.2 Å². The van der Waals surface area contributed by atoms with E-state index in [1.807, 2.05) is 0 Å². The van der Waals surface area contributed by atoms with Crippen LogP contribution in [0.15, 0.2) is 71.5 Å². The molecule has 0 fully saturated rings. The summed E-state index contributed by atoms with van der Waals surface area (Å²) >= 11 is 0. The van der Waals surface area contributed by atoms with Crippen LogP contribution in [-0.4, -0.2) is 22.2 Å². The van der Waals surface area contributed by atoms with Gasteiger partial charge in [0.15, 0.2) is 0 Å².